The summed E-state index contributed by atoms with van der Waals surface area (Å²) in [6, 6.07) is 10.9. The average Bonchev–Trinajstić information content (AvgIpc) is 2.34. The Labute approximate surface area is 121 Å². The van der Waals surface area contributed by atoms with Crippen molar-refractivity contribution in [3.8, 4) is 0 Å². The number of hydrogen-bond donors (Lipinski definition) is 0. The molecule has 1 rings (SSSR count). The van der Waals surface area contributed by atoms with Gasteiger partial charge in [0.25, 0.3) is 0 Å². The summed E-state index contributed by atoms with van der Waals surface area (Å²) >= 11 is 0.0370. The summed E-state index contributed by atoms with van der Waals surface area (Å²) in [5.41, 5.74) is 1.52. The molecule has 2 atom stereocenters. The first-order chi connectivity index (χ1) is 7.83. The molecule has 0 saturated carbocycles. The zero-order valence-electron chi connectivity index (χ0n) is 10.4. The predicted octanol–water partition coefficient (Wildman–Crippen LogP) is 4.76. The van der Waals surface area contributed by atoms with Crippen molar-refractivity contribution in [3.63, 3.8) is 0 Å². The molecule has 0 saturated heterocycles. The van der Waals surface area contributed by atoms with Gasteiger partial charge in [-0.2, -0.15) is 0 Å². The summed E-state index contributed by atoms with van der Waals surface area (Å²) in [7, 11) is 0. The molecule has 2 unspecified atom stereocenters. The van der Waals surface area contributed by atoms with Crippen LogP contribution in [0.5, 0.6) is 0 Å². The Bertz CT molecular complexity index is 261. The van der Waals surface area contributed by atoms with Crippen molar-refractivity contribution in [3.05, 3.63) is 35.9 Å². The third-order valence-corrected chi connectivity index (χ3v) is 10.4. The molecule has 0 fully saturated rings. The molecule has 1 aromatic carbocycles. The third kappa shape index (κ3) is 7.34. The van der Waals surface area contributed by atoms with Gasteiger partial charge < -0.3 is 0 Å². The molecule has 0 spiro atoms. The molecule has 16 heavy (non-hydrogen) atoms. The van der Waals surface area contributed by atoms with E-state index in [2.05, 4.69) is 44.2 Å². The quantitative estimate of drug-likeness (QED) is 0.456. The van der Waals surface area contributed by atoms with E-state index < -0.39 is 0 Å². The van der Waals surface area contributed by atoms with Gasteiger partial charge in [0.15, 0.2) is 0 Å². The molecule has 0 aliphatic rings. The van der Waals surface area contributed by atoms with Crippen LogP contribution in [-0.2, 0) is 6.42 Å². The van der Waals surface area contributed by atoms with Crippen LogP contribution in [0.2, 0.25) is 2.14 Å². The van der Waals surface area contributed by atoms with E-state index >= 15 is 0 Å². The number of benzene rings is 1. The number of hydrogen-bond acceptors (Lipinski definition) is 0. The van der Waals surface area contributed by atoms with Crippen LogP contribution in [0.1, 0.15) is 32.3 Å². The minimum atomic E-state index is 0.0370. The molecule has 2 heteroatoms. The number of rotatable bonds is 8. The Morgan fingerprint density at radius 3 is 2.69 bits per heavy atom. The first-order valence-corrected chi connectivity index (χ1v) is 13.1. The van der Waals surface area contributed by atoms with E-state index in [1.165, 1.54) is 34.5 Å². The van der Waals surface area contributed by atoms with Crippen LogP contribution in [0.4, 0.5) is 0 Å². The van der Waals surface area contributed by atoms with Crippen LogP contribution < -0.4 is 0 Å². The Morgan fingerprint density at radius 1 is 1.25 bits per heavy atom. The van der Waals surface area contributed by atoms with Gasteiger partial charge in [-0.05, 0) is 0 Å². The third-order valence-electron chi connectivity index (χ3n) is 2.87. The molecule has 0 aromatic heterocycles. The molecular formula is C14H23PSm. The van der Waals surface area contributed by atoms with Crippen LogP contribution >= 0.6 is 3.55 Å². The maximum atomic E-state index is 2.39. The van der Waals surface area contributed by atoms with Gasteiger partial charge in [-0.1, -0.05) is 0 Å². The van der Waals surface area contributed by atoms with Gasteiger partial charge in [0.1, 0.15) is 0 Å². The van der Waals surface area contributed by atoms with Crippen molar-refractivity contribution in [2.24, 2.45) is 5.92 Å². The van der Waals surface area contributed by atoms with E-state index in [0.717, 1.165) is 5.92 Å². The van der Waals surface area contributed by atoms with Gasteiger partial charge in [-0.3, -0.25) is 0 Å². The second-order valence-corrected chi connectivity index (χ2v) is 12.2. The van der Waals surface area contributed by atoms with Crippen LogP contribution in [0.3, 0.4) is 0 Å². The minimum absolute atomic E-state index is 0.0370. The van der Waals surface area contributed by atoms with E-state index in [0.29, 0.717) is 0 Å². The van der Waals surface area contributed by atoms with E-state index in [-0.39, 0.29) is 35.5 Å². The summed E-state index contributed by atoms with van der Waals surface area (Å²) in [5.74, 6) is 0.971. The van der Waals surface area contributed by atoms with Crippen molar-refractivity contribution in [2.75, 3.05) is 6.16 Å². The number of aryl methyl sites for hydroxylation is 1. The predicted molar refractivity (Wildman–Crippen MR) is 72.2 cm³/mol. The Morgan fingerprint density at radius 2 is 2.00 bits per heavy atom. The fraction of sp³-hybridized carbons (Fsp3) is 0.571. The van der Waals surface area contributed by atoms with Crippen LogP contribution in [-0.4, -0.2) is 6.16 Å². The summed E-state index contributed by atoms with van der Waals surface area (Å²) in [4.78, 5) is 0. The topological polar surface area (TPSA) is 0 Å². The van der Waals surface area contributed by atoms with Crippen LogP contribution in [0.25, 0.3) is 0 Å². The van der Waals surface area contributed by atoms with E-state index in [9.17, 15) is 0 Å². The van der Waals surface area contributed by atoms with E-state index in [4.69, 9.17) is 0 Å². The second kappa shape index (κ2) is 9.96. The molecule has 0 bridgehead atoms. The zero-order valence-corrected chi connectivity index (χ0v) is 14.0. The molecule has 1 aromatic rings. The SMILES string of the molecule is CCC(C)C[CH2][Sm][PH]CCc1ccccc1. The van der Waals surface area contributed by atoms with Crippen molar-refractivity contribution < 1.29 is 35.5 Å². The molecule has 0 N–H and O–H groups in total. The molecule has 0 radical (unpaired) electrons. The van der Waals surface area contributed by atoms with Crippen LogP contribution in [0, 0.1) is 41.4 Å². The Hall–Kier alpha value is 0.988. The van der Waals surface area contributed by atoms with Gasteiger partial charge in [0.05, 0.1) is 0 Å². The molecule has 0 aliphatic carbocycles. The van der Waals surface area contributed by atoms with Crippen molar-refractivity contribution in [2.45, 2.75) is 35.2 Å². The summed E-state index contributed by atoms with van der Waals surface area (Å²) in [6.45, 7) is 4.71. The Kier molecular flexibility index (Phi) is 9.37. The molecule has 90 valence electrons. The Balaban J connectivity index is 1.96. The monoisotopic (exact) mass is 374 g/mol. The molecular weight excluding hydrogens is 349 g/mol. The summed E-state index contributed by atoms with van der Waals surface area (Å²) in [6.07, 6.45) is 5.63. The normalized spacial score (nSPS) is 13.4. The first kappa shape index (κ1) is 15.0. The molecule has 0 amide bonds. The molecule has 0 heterocycles. The standard InChI is InChI=1S/C8H10P.C6H13.Sm/c9-7-6-8-4-2-1-3-5-8;1-4-6(3)5-2;/h1-5,9H,6-7H2;6H,1,4-5H2,2-3H3;/q-1;;+1. The fourth-order valence-corrected chi connectivity index (χ4v) is 8.43. The van der Waals surface area contributed by atoms with E-state index in [1.807, 2.05) is 0 Å². The van der Waals surface area contributed by atoms with Crippen molar-refractivity contribution in [1.29, 1.82) is 0 Å². The summed E-state index contributed by atoms with van der Waals surface area (Å²) < 4.78 is 2.92. The van der Waals surface area contributed by atoms with Gasteiger partial charge in [0.2, 0.25) is 0 Å². The molecule has 0 aliphatic heterocycles. The zero-order chi connectivity index (χ0) is 11.6. The summed E-state index contributed by atoms with van der Waals surface area (Å²) in [5, 5.41) is 0. The van der Waals surface area contributed by atoms with Crippen molar-refractivity contribution in [1.82, 2.24) is 0 Å². The van der Waals surface area contributed by atoms with Gasteiger partial charge in [-0.15, -0.1) is 0 Å². The average molecular weight is 373 g/mol. The maximum absolute atomic E-state index is 2.39. The van der Waals surface area contributed by atoms with Crippen LogP contribution in [0.15, 0.2) is 30.3 Å². The van der Waals surface area contributed by atoms with E-state index in [1.54, 1.807) is 2.14 Å². The van der Waals surface area contributed by atoms with Gasteiger partial charge >= 0.3 is 122 Å². The van der Waals surface area contributed by atoms with Crippen molar-refractivity contribution >= 4 is 3.55 Å². The van der Waals surface area contributed by atoms with Gasteiger partial charge in [-0.25, -0.2) is 0 Å². The second-order valence-electron chi connectivity index (χ2n) is 4.28. The fourth-order valence-electron chi connectivity index (χ4n) is 1.45. The first-order valence-electron chi connectivity index (χ1n) is 6.21. The molecule has 0 nitrogen and oxygen atoms in total. The van der Waals surface area contributed by atoms with Gasteiger partial charge in [0, 0.05) is 0 Å².